The SMILES string of the molecule is CCOC(=O)C[C@H](NC1CN(C(=O)OC(C)(C)C)C1)c1ccc(C)nc1. The van der Waals surface area contributed by atoms with Gasteiger partial charge in [0.05, 0.1) is 13.0 Å². The van der Waals surface area contributed by atoms with Crippen molar-refractivity contribution in [3.8, 4) is 0 Å². The number of aryl methyl sites for hydroxylation is 1. The van der Waals surface area contributed by atoms with Gasteiger partial charge in [0.1, 0.15) is 5.60 Å². The number of rotatable bonds is 6. The third kappa shape index (κ3) is 5.98. The van der Waals surface area contributed by atoms with Crippen LogP contribution in [0.5, 0.6) is 0 Å². The fraction of sp³-hybridized carbons (Fsp3) is 0.632. The van der Waals surface area contributed by atoms with E-state index in [0.717, 1.165) is 11.3 Å². The first-order valence-corrected chi connectivity index (χ1v) is 9.00. The molecule has 2 heterocycles. The van der Waals surface area contributed by atoms with E-state index in [-0.39, 0.29) is 30.6 Å². The number of hydrogen-bond acceptors (Lipinski definition) is 6. The van der Waals surface area contributed by atoms with E-state index in [1.807, 2.05) is 39.8 Å². The predicted molar refractivity (Wildman–Crippen MR) is 97.7 cm³/mol. The van der Waals surface area contributed by atoms with Crippen molar-refractivity contribution in [1.82, 2.24) is 15.2 Å². The van der Waals surface area contributed by atoms with Crippen molar-refractivity contribution in [2.24, 2.45) is 0 Å². The molecular weight excluding hydrogens is 334 g/mol. The van der Waals surface area contributed by atoms with Crippen LogP contribution in [0.2, 0.25) is 0 Å². The van der Waals surface area contributed by atoms with Gasteiger partial charge in [-0.05, 0) is 46.2 Å². The molecule has 0 bridgehead atoms. The topological polar surface area (TPSA) is 80.8 Å². The summed E-state index contributed by atoms with van der Waals surface area (Å²) in [7, 11) is 0. The van der Waals surface area contributed by atoms with E-state index in [0.29, 0.717) is 19.7 Å². The van der Waals surface area contributed by atoms with E-state index in [1.54, 1.807) is 18.0 Å². The lowest BCUT2D eigenvalue weighted by molar-refractivity contribution is -0.143. The van der Waals surface area contributed by atoms with Crippen LogP contribution in [-0.4, -0.2) is 53.3 Å². The number of aromatic nitrogens is 1. The highest BCUT2D eigenvalue weighted by atomic mass is 16.6. The zero-order chi connectivity index (χ0) is 19.3. The van der Waals surface area contributed by atoms with E-state index >= 15 is 0 Å². The number of amides is 1. The molecule has 7 nitrogen and oxygen atoms in total. The van der Waals surface area contributed by atoms with Crippen LogP contribution in [0.3, 0.4) is 0 Å². The van der Waals surface area contributed by atoms with E-state index < -0.39 is 5.60 Å². The van der Waals surface area contributed by atoms with Crippen molar-refractivity contribution in [3.63, 3.8) is 0 Å². The summed E-state index contributed by atoms with van der Waals surface area (Å²) in [4.78, 5) is 29.9. The zero-order valence-corrected chi connectivity index (χ0v) is 16.2. The Balaban J connectivity index is 1.94. The van der Waals surface area contributed by atoms with Crippen molar-refractivity contribution >= 4 is 12.1 Å². The van der Waals surface area contributed by atoms with Crippen LogP contribution < -0.4 is 5.32 Å². The minimum absolute atomic E-state index is 0.100. The van der Waals surface area contributed by atoms with Crippen molar-refractivity contribution in [2.45, 2.75) is 58.7 Å². The Kier molecular flexibility index (Phi) is 6.58. The quantitative estimate of drug-likeness (QED) is 0.783. The third-order valence-electron chi connectivity index (χ3n) is 3.98. The van der Waals surface area contributed by atoms with E-state index in [2.05, 4.69) is 10.3 Å². The summed E-state index contributed by atoms with van der Waals surface area (Å²) in [6.45, 7) is 10.7. The number of nitrogens with zero attached hydrogens (tertiary/aromatic N) is 2. The first kappa shape index (κ1) is 20.2. The fourth-order valence-electron chi connectivity index (χ4n) is 2.69. The second kappa shape index (κ2) is 8.49. The van der Waals surface area contributed by atoms with Crippen LogP contribution in [0.4, 0.5) is 4.79 Å². The van der Waals surface area contributed by atoms with Crippen molar-refractivity contribution in [1.29, 1.82) is 0 Å². The number of carbonyl (C=O) groups is 2. The van der Waals surface area contributed by atoms with Gasteiger partial charge in [-0.25, -0.2) is 4.79 Å². The molecule has 1 fully saturated rings. The van der Waals surface area contributed by atoms with Crippen molar-refractivity contribution < 1.29 is 19.1 Å². The van der Waals surface area contributed by atoms with Gasteiger partial charge in [-0.2, -0.15) is 0 Å². The molecule has 2 rings (SSSR count). The number of hydrogen-bond donors (Lipinski definition) is 1. The Morgan fingerprint density at radius 1 is 1.35 bits per heavy atom. The standard InChI is InChI=1S/C19H29N3O4/c1-6-25-17(23)9-16(14-8-7-13(2)20-10-14)21-15-11-22(12-15)18(24)26-19(3,4)5/h7-8,10,15-16,21H,6,9,11-12H2,1-5H3/t16-/m0/s1. The van der Waals surface area contributed by atoms with Crippen LogP contribution >= 0.6 is 0 Å². The molecular formula is C19H29N3O4. The molecule has 7 heteroatoms. The van der Waals surface area contributed by atoms with Crippen LogP contribution in [0.25, 0.3) is 0 Å². The molecule has 0 unspecified atom stereocenters. The van der Waals surface area contributed by atoms with Gasteiger partial charge in [0.2, 0.25) is 0 Å². The Hall–Kier alpha value is -2.15. The molecule has 0 aromatic carbocycles. The second-order valence-corrected chi connectivity index (χ2v) is 7.54. The fourth-order valence-corrected chi connectivity index (χ4v) is 2.69. The summed E-state index contributed by atoms with van der Waals surface area (Å²) in [5.41, 5.74) is 1.35. The molecule has 1 aliphatic heterocycles. The monoisotopic (exact) mass is 363 g/mol. The molecule has 1 saturated heterocycles. The van der Waals surface area contributed by atoms with Crippen molar-refractivity contribution in [2.75, 3.05) is 19.7 Å². The molecule has 1 aromatic rings. The molecule has 0 radical (unpaired) electrons. The molecule has 0 spiro atoms. The highest BCUT2D eigenvalue weighted by molar-refractivity contribution is 5.70. The largest absolute Gasteiger partial charge is 0.466 e. The van der Waals surface area contributed by atoms with E-state index in [9.17, 15) is 9.59 Å². The number of likely N-dealkylation sites (tertiary alicyclic amines) is 1. The third-order valence-corrected chi connectivity index (χ3v) is 3.98. The van der Waals surface area contributed by atoms with Crippen LogP contribution in [0.1, 0.15) is 51.4 Å². The Labute approximate surface area is 155 Å². The zero-order valence-electron chi connectivity index (χ0n) is 16.2. The smallest absolute Gasteiger partial charge is 0.410 e. The molecule has 1 N–H and O–H groups in total. The highest BCUT2D eigenvalue weighted by Crippen LogP contribution is 2.22. The number of esters is 1. The average molecular weight is 363 g/mol. The summed E-state index contributed by atoms with van der Waals surface area (Å²) in [6, 6.07) is 3.78. The first-order valence-electron chi connectivity index (χ1n) is 9.00. The van der Waals surface area contributed by atoms with Gasteiger partial charge < -0.3 is 19.7 Å². The van der Waals surface area contributed by atoms with Gasteiger partial charge in [0.25, 0.3) is 0 Å². The normalized spacial score (nSPS) is 16.0. The Morgan fingerprint density at radius 2 is 2.04 bits per heavy atom. The lowest BCUT2D eigenvalue weighted by Gasteiger charge is -2.41. The maximum Gasteiger partial charge on any atom is 0.410 e. The van der Waals surface area contributed by atoms with Crippen LogP contribution in [0, 0.1) is 6.92 Å². The summed E-state index contributed by atoms with van der Waals surface area (Å²) in [6.07, 6.45) is 1.69. The lowest BCUT2D eigenvalue weighted by atomic mass is 10.0. The molecule has 0 aliphatic carbocycles. The van der Waals surface area contributed by atoms with Gasteiger partial charge in [-0.3, -0.25) is 9.78 Å². The number of nitrogens with one attached hydrogen (secondary N) is 1. The van der Waals surface area contributed by atoms with E-state index in [1.165, 1.54) is 0 Å². The van der Waals surface area contributed by atoms with Gasteiger partial charge in [0, 0.05) is 37.1 Å². The second-order valence-electron chi connectivity index (χ2n) is 7.54. The highest BCUT2D eigenvalue weighted by Gasteiger charge is 2.35. The number of pyridine rings is 1. The minimum Gasteiger partial charge on any atom is -0.466 e. The van der Waals surface area contributed by atoms with Gasteiger partial charge in [-0.1, -0.05) is 6.07 Å². The molecule has 26 heavy (non-hydrogen) atoms. The molecule has 1 aromatic heterocycles. The number of carbonyl (C=O) groups excluding carboxylic acids is 2. The molecule has 0 saturated carbocycles. The van der Waals surface area contributed by atoms with Gasteiger partial charge >= 0.3 is 12.1 Å². The summed E-state index contributed by atoms with van der Waals surface area (Å²) < 4.78 is 10.4. The Bertz CT molecular complexity index is 619. The van der Waals surface area contributed by atoms with Gasteiger partial charge in [0.15, 0.2) is 0 Å². The predicted octanol–water partition coefficient (Wildman–Crippen LogP) is 2.59. The summed E-state index contributed by atoms with van der Waals surface area (Å²) >= 11 is 0. The summed E-state index contributed by atoms with van der Waals surface area (Å²) in [5.74, 6) is -0.256. The Morgan fingerprint density at radius 3 is 2.58 bits per heavy atom. The number of ether oxygens (including phenoxy) is 2. The molecule has 144 valence electrons. The van der Waals surface area contributed by atoms with Crippen LogP contribution in [-0.2, 0) is 14.3 Å². The molecule has 1 atom stereocenters. The minimum atomic E-state index is -0.504. The van der Waals surface area contributed by atoms with Crippen molar-refractivity contribution in [3.05, 3.63) is 29.6 Å². The van der Waals surface area contributed by atoms with Crippen LogP contribution in [0.15, 0.2) is 18.3 Å². The van der Waals surface area contributed by atoms with Gasteiger partial charge in [-0.15, -0.1) is 0 Å². The maximum absolute atomic E-state index is 12.0. The van der Waals surface area contributed by atoms with E-state index in [4.69, 9.17) is 9.47 Å². The summed E-state index contributed by atoms with van der Waals surface area (Å²) in [5, 5.41) is 3.44. The lowest BCUT2D eigenvalue weighted by Crippen LogP contribution is -2.61. The molecule has 1 amide bonds. The maximum atomic E-state index is 12.0. The molecule has 1 aliphatic rings. The first-order chi connectivity index (χ1) is 12.2. The average Bonchev–Trinajstić information content (AvgIpc) is 2.48.